The molecular formula is C24H24ClN5O4S. The Bertz CT molecular complexity index is 1550. The van der Waals surface area contributed by atoms with Crippen LogP contribution in [0.1, 0.15) is 36.8 Å². The Labute approximate surface area is 209 Å². The van der Waals surface area contributed by atoms with Crippen LogP contribution >= 0.6 is 22.9 Å². The minimum absolute atomic E-state index is 0.0232. The van der Waals surface area contributed by atoms with Crippen molar-refractivity contribution in [1.29, 1.82) is 0 Å². The molecule has 2 heterocycles. The summed E-state index contributed by atoms with van der Waals surface area (Å²) in [6, 6.07) is 12.6. The van der Waals surface area contributed by atoms with Gasteiger partial charge >= 0.3 is 17.3 Å². The van der Waals surface area contributed by atoms with E-state index in [-0.39, 0.29) is 25.1 Å². The Balaban J connectivity index is 1.78. The van der Waals surface area contributed by atoms with Crippen LogP contribution in [0.3, 0.4) is 0 Å². The molecule has 0 amide bonds. The van der Waals surface area contributed by atoms with E-state index in [0.29, 0.717) is 23.6 Å². The molecule has 35 heavy (non-hydrogen) atoms. The van der Waals surface area contributed by atoms with Crippen molar-refractivity contribution in [1.82, 2.24) is 19.1 Å². The molecule has 2 N–H and O–H groups in total. The number of H-pyrrole nitrogens is 1. The summed E-state index contributed by atoms with van der Waals surface area (Å²) in [7, 11) is 0. The number of aromatic amines is 1. The second-order valence-electron chi connectivity index (χ2n) is 7.98. The van der Waals surface area contributed by atoms with Crippen LogP contribution in [-0.2, 0) is 24.3 Å². The van der Waals surface area contributed by atoms with Gasteiger partial charge in [-0.2, -0.15) is 0 Å². The third kappa shape index (κ3) is 5.95. The van der Waals surface area contributed by atoms with E-state index >= 15 is 0 Å². The number of hydrogen-bond donors (Lipinski definition) is 2. The van der Waals surface area contributed by atoms with Gasteiger partial charge in [-0.15, -0.1) is 11.3 Å². The maximum absolute atomic E-state index is 13.4. The molecule has 0 aliphatic carbocycles. The zero-order valence-corrected chi connectivity index (χ0v) is 20.6. The normalized spacial score (nSPS) is 11.9. The highest BCUT2D eigenvalue weighted by Gasteiger charge is 2.11. The number of hydrogen-bond acceptors (Lipinski definition) is 6. The Morgan fingerprint density at radius 1 is 1.14 bits per heavy atom. The van der Waals surface area contributed by atoms with Crippen molar-refractivity contribution in [3.8, 4) is 0 Å². The van der Waals surface area contributed by atoms with Crippen LogP contribution in [0.4, 0.5) is 5.69 Å². The molecular weight excluding hydrogens is 490 g/mol. The van der Waals surface area contributed by atoms with Crippen LogP contribution in [0.2, 0.25) is 5.02 Å². The molecule has 2 aromatic heterocycles. The predicted molar refractivity (Wildman–Crippen MR) is 136 cm³/mol. The fraction of sp³-hybridized carbons (Fsp3) is 0.292. The number of unbranched alkanes of at least 4 members (excludes halogenated alkanes) is 1. The summed E-state index contributed by atoms with van der Waals surface area (Å²) in [6.07, 6.45) is 1.56. The lowest BCUT2D eigenvalue weighted by Crippen LogP contribution is -2.50. The minimum Gasteiger partial charge on any atom is -0.481 e. The fourth-order valence-corrected chi connectivity index (χ4v) is 4.67. The SMILES string of the molecule is CCc1nc2ccc(/N=c3\[nH]c(=O)n(CCCCC(=O)O)c(=O)n3Cc3ccc(Cl)cc3)cc2s1. The highest BCUT2D eigenvalue weighted by molar-refractivity contribution is 7.18. The summed E-state index contributed by atoms with van der Waals surface area (Å²) in [5, 5.41) is 10.4. The number of carbonyl (C=O) groups is 1. The van der Waals surface area contributed by atoms with Gasteiger partial charge in [0.15, 0.2) is 0 Å². The smallest absolute Gasteiger partial charge is 0.335 e. The number of aromatic nitrogens is 4. The topological polar surface area (TPSA) is 122 Å². The number of nitrogens with zero attached hydrogens (tertiary/aromatic N) is 4. The van der Waals surface area contributed by atoms with E-state index in [1.165, 1.54) is 4.57 Å². The van der Waals surface area contributed by atoms with E-state index < -0.39 is 17.3 Å². The molecule has 4 rings (SSSR count). The second-order valence-corrected chi connectivity index (χ2v) is 9.53. The molecule has 4 aromatic rings. The van der Waals surface area contributed by atoms with Crippen molar-refractivity contribution in [2.75, 3.05) is 0 Å². The summed E-state index contributed by atoms with van der Waals surface area (Å²) in [6.45, 7) is 2.32. The number of rotatable bonds is 9. The molecule has 0 saturated heterocycles. The van der Waals surface area contributed by atoms with Crippen LogP contribution in [0.25, 0.3) is 10.2 Å². The maximum Gasteiger partial charge on any atom is 0.335 e. The van der Waals surface area contributed by atoms with Gasteiger partial charge in [0.1, 0.15) is 0 Å². The van der Waals surface area contributed by atoms with Crippen LogP contribution in [0.15, 0.2) is 57.0 Å². The van der Waals surface area contributed by atoms with Crippen molar-refractivity contribution < 1.29 is 9.90 Å². The van der Waals surface area contributed by atoms with Gasteiger partial charge in [-0.25, -0.2) is 24.1 Å². The van der Waals surface area contributed by atoms with E-state index in [2.05, 4.69) is 15.0 Å². The van der Waals surface area contributed by atoms with E-state index in [9.17, 15) is 14.4 Å². The minimum atomic E-state index is -0.915. The molecule has 0 saturated carbocycles. The molecule has 0 bridgehead atoms. The highest BCUT2D eigenvalue weighted by atomic mass is 35.5. The predicted octanol–water partition coefficient (Wildman–Crippen LogP) is 3.70. The summed E-state index contributed by atoms with van der Waals surface area (Å²) >= 11 is 7.58. The summed E-state index contributed by atoms with van der Waals surface area (Å²) in [5.41, 5.74) is 1.28. The number of aliphatic carboxylic acids is 1. The second kappa shape index (κ2) is 10.8. The number of thiazole rings is 1. The molecule has 0 fully saturated rings. The Morgan fingerprint density at radius 2 is 1.91 bits per heavy atom. The summed E-state index contributed by atoms with van der Waals surface area (Å²) < 4.78 is 3.45. The first-order valence-corrected chi connectivity index (χ1v) is 12.4. The van der Waals surface area contributed by atoms with Crippen molar-refractivity contribution in [2.24, 2.45) is 4.99 Å². The molecule has 0 unspecified atom stereocenters. The van der Waals surface area contributed by atoms with Gasteiger partial charge in [0.2, 0.25) is 5.62 Å². The van der Waals surface area contributed by atoms with Gasteiger partial charge in [-0.1, -0.05) is 30.7 Å². The van der Waals surface area contributed by atoms with Crippen molar-refractivity contribution in [2.45, 2.75) is 45.7 Å². The van der Waals surface area contributed by atoms with E-state index in [0.717, 1.165) is 31.8 Å². The first kappa shape index (κ1) is 24.6. The average Bonchev–Trinajstić information content (AvgIpc) is 3.24. The molecule has 0 aliphatic heterocycles. The Morgan fingerprint density at radius 3 is 2.63 bits per heavy atom. The molecule has 0 aliphatic rings. The number of aryl methyl sites for hydroxylation is 1. The molecule has 0 spiro atoms. The number of halogens is 1. The van der Waals surface area contributed by atoms with Crippen molar-refractivity contribution in [3.63, 3.8) is 0 Å². The summed E-state index contributed by atoms with van der Waals surface area (Å²) in [5.74, 6) is -0.915. The zero-order chi connectivity index (χ0) is 24.9. The third-order valence-corrected chi connectivity index (χ3v) is 6.83. The highest BCUT2D eigenvalue weighted by Crippen LogP contribution is 2.26. The van der Waals surface area contributed by atoms with Gasteiger partial charge in [0, 0.05) is 18.0 Å². The molecule has 182 valence electrons. The monoisotopic (exact) mass is 513 g/mol. The number of carboxylic acid groups (broad SMARTS) is 1. The summed E-state index contributed by atoms with van der Waals surface area (Å²) in [4.78, 5) is 48.8. The van der Waals surface area contributed by atoms with E-state index in [1.807, 2.05) is 19.1 Å². The van der Waals surface area contributed by atoms with Gasteiger partial charge < -0.3 is 5.11 Å². The van der Waals surface area contributed by atoms with Gasteiger partial charge in [-0.05, 0) is 55.2 Å². The number of benzene rings is 2. The molecule has 9 nitrogen and oxygen atoms in total. The first-order chi connectivity index (χ1) is 16.8. The van der Waals surface area contributed by atoms with Crippen LogP contribution in [-0.4, -0.2) is 30.2 Å². The lowest BCUT2D eigenvalue weighted by atomic mass is 10.2. The van der Waals surface area contributed by atoms with Crippen LogP contribution in [0, 0.1) is 0 Å². The van der Waals surface area contributed by atoms with Crippen molar-refractivity contribution >= 4 is 44.8 Å². The quantitative estimate of drug-likeness (QED) is 0.330. The fourth-order valence-electron chi connectivity index (χ4n) is 3.60. The molecule has 11 heteroatoms. The zero-order valence-electron chi connectivity index (χ0n) is 19.0. The van der Waals surface area contributed by atoms with Crippen LogP contribution in [0.5, 0.6) is 0 Å². The van der Waals surface area contributed by atoms with E-state index in [4.69, 9.17) is 16.7 Å². The lowest BCUT2D eigenvalue weighted by Gasteiger charge is -2.11. The largest absolute Gasteiger partial charge is 0.481 e. The molecule has 0 atom stereocenters. The van der Waals surface area contributed by atoms with E-state index in [1.54, 1.807) is 41.7 Å². The van der Waals surface area contributed by atoms with Crippen LogP contribution < -0.4 is 17.0 Å². The third-order valence-electron chi connectivity index (χ3n) is 5.41. The molecule has 2 aromatic carbocycles. The standard InChI is InChI=1S/C24H24ClN5O4S/c1-2-20-27-18-11-10-17(13-19(18)35-20)26-22-28-23(33)29(12-4-3-5-21(31)32)24(34)30(22)14-15-6-8-16(25)9-7-15/h6-11,13H,2-5,12,14H2,1H3,(H,31,32)(H,26,28,33). The first-order valence-electron chi connectivity index (χ1n) is 11.2. The molecule has 0 radical (unpaired) electrons. The number of nitrogens with one attached hydrogen (secondary N) is 1. The Hall–Kier alpha value is -3.50. The number of carboxylic acids is 1. The number of fused-ring (bicyclic) bond motifs is 1. The maximum atomic E-state index is 13.4. The van der Waals surface area contributed by atoms with Crippen molar-refractivity contribution in [3.05, 3.63) is 84.6 Å². The lowest BCUT2D eigenvalue weighted by molar-refractivity contribution is -0.137. The van der Waals surface area contributed by atoms with Gasteiger partial charge in [0.25, 0.3) is 0 Å². The van der Waals surface area contributed by atoms with Gasteiger partial charge in [0.05, 0.1) is 27.5 Å². The Kier molecular flexibility index (Phi) is 7.62. The van der Waals surface area contributed by atoms with Gasteiger partial charge in [-0.3, -0.25) is 14.3 Å². The average molecular weight is 514 g/mol.